The molecule has 27 heavy (non-hydrogen) atoms. The summed E-state index contributed by atoms with van der Waals surface area (Å²) in [5, 5.41) is 5.82. The van der Waals surface area contributed by atoms with E-state index in [0.717, 1.165) is 24.0 Å². The fraction of sp³-hybridized carbons (Fsp3) is 0.333. The molecule has 0 radical (unpaired) electrons. The molecule has 1 fully saturated rings. The van der Waals surface area contributed by atoms with Crippen LogP contribution >= 0.6 is 0 Å². The first-order valence-electron chi connectivity index (χ1n) is 8.92. The number of aryl methyl sites for hydroxylation is 1. The standard InChI is InChI=1S/C21H24N2O4/c1-13-4-7-16(22-21(25)14-5-6-14)12-18(13)23-20(24)11-15-10-17(26-2)8-9-19(15)27-3/h4,7-10,12,14H,5-6,11H2,1-3H3,(H,22,25)(H,23,24). The summed E-state index contributed by atoms with van der Waals surface area (Å²) >= 11 is 0. The van der Waals surface area contributed by atoms with Crippen LogP contribution in [0.3, 0.4) is 0 Å². The average molecular weight is 368 g/mol. The topological polar surface area (TPSA) is 76.7 Å². The van der Waals surface area contributed by atoms with Gasteiger partial charge < -0.3 is 20.1 Å². The molecular formula is C21H24N2O4. The molecule has 0 aromatic heterocycles. The maximum absolute atomic E-state index is 12.6. The van der Waals surface area contributed by atoms with Crippen LogP contribution in [0.5, 0.6) is 11.5 Å². The summed E-state index contributed by atoms with van der Waals surface area (Å²) in [6, 6.07) is 10.9. The molecule has 0 atom stereocenters. The predicted octanol–water partition coefficient (Wildman–Crippen LogP) is 3.54. The van der Waals surface area contributed by atoms with Crippen molar-refractivity contribution in [3.63, 3.8) is 0 Å². The van der Waals surface area contributed by atoms with Crippen molar-refractivity contribution in [2.45, 2.75) is 26.2 Å². The first-order chi connectivity index (χ1) is 13.0. The highest BCUT2D eigenvalue weighted by Crippen LogP contribution is 2.31. The minimum Gasteiger partial charge on any atom is -0.497 e. The number of hydrogen-bond acceptors (Lipinski definition) is 4. The van der Waals surface area contributed by atoms with Crippen molar-refractivity contribution in [1.82, 2.24) is 0 Å². The number of benzene rings is 2. The lowest BCUT2D eigenvalue weighted by molar-refractivity contribution is -0.117. The monoisotopic (exact) mass is 368 g/mol. The van der Waals surface area contributed by atoms with Gasteiger partial charge >= 0.3 is 0 Å². The zero-order valence-electron chi connectivity index (χ0n) is 15.8. The van der Waals surface area contributed by atoms with Crippen molar-refractivity contribution in [3.05, 3.63) is 47.5 Å². The van der Waals surface area contributed by atoms with E-state index in [-0.39, 0.29) is 24.2 Å². The van der Waals surface area contributed by atoms with Gasteiger partial charge in [0.25, 0.3) is 0 Å². The Labute approximate surface area is 158 Å². The minimum atomic E-state index is -0.171. The molecular weight excluding hydrogens is 344 g/mol. The van der Waals surface area contributed by atoms with E-state index in [1.807, 2.05) is 19.1 Å². The molecule has 6 heteroatoms. The second-order valence-electron chi connectivity index (χ2n) is 6.70. The Hall–Kier alpha value is -3.02. The number of carbonyl (C=O) groups is 2. The van der Waals surface area contributed by atoms with Crippen LogP contribution in [0.15, 0.2) is 36.4 Å². The summed E-state index contributed by atoms with van der Waals surface area (Å²) in [4.78, 5) is 24.5. The van der Waals surface area contributed by atoms with Crippen molar-refractivity contribution in [3.8, 4) is 11.5 Å². The number of nitrogens with one attached hydrogen (secondary N) is 2. The molecule has 0 bridgehead atoms. The van der Waals surface area contributed by atoms with Crippen molar-refractivity contribution in [2.24, 2.45) is 5.92 Å². The van der Waals surface area contributed by atoms with Gasteiger partial charge in [0.15, 0.2) is 0 Å². The third-order valence-electron chi connectivity index (χ3n) is 4.57. The molecule has 0 heterocycles. The summed E-state index contributed by atoms with van der Waals surface area (Å²) in [6.07, 6.45) is 2.05. The van der Waals surface area contributed by atoms with Crippen LogP contribution in [0.4, 0.5) is 11.4 Å². The number of anilines is 2. The van der Waals surface area contributed by atoms with Crippen molar-refractivity contribution >= 4 is 23.2 Å². The summed E-state index contributed by atoms with van der Waals surface area (Å²) in [5.74, 6) is 1.30. The Morgan fingerprint density at radius 1 is 1.04 bits per heavy atom. The fourth-order valence-electron chi connectivity index (χ4n) is 2.81. The van der Waals surface area contributed by atoms with Gasteiger partial charge in [0, 0.05) is 22.9 Å². The molecule has 0 saturated heterocycles. The maximum Gasteiger partial charge on any atom is 0.228 e. The average Bonchev–Trinajstić information content (AvgIpc) is 3.49. The summed E-state index contributed by atoms with van der Waals surface area (Å²) in [7, 11) is 3.15. The molecule has 2 amide bonds. The van der Waals surface area contributed by atoms with Gasteiger partial charge in [0.05, 0.1) is 20.6 Å². The summed E-state index contributed by atoms with van der Waals surface area (Å²) < 4.78 is 10.6. The zero-order chi connectivity index (χ0) is 19.4. The van der Waals surface area contributed by atoms with E-state index in [9.17, 15) is 9.59 Å². The number of carbonyl (C=O) groups excluding carboxylic acids is 2. The third kappa shape index (κ3) is 4.78. The Morgan fingerprint density at radius 2 is 1.81 bits per heavy atom. The van der Waals surface area contributed by atoms with E-state index < -0.39 is 0 Å². The Kier molecular flexibility index (Phi) is 5.64. The van der Waals surface area contributed by atoms with Crippen LogP contribution < -0.4 is 20.1 Å². The van der Waals surface area contributed by atoms with E-state index in [0.29, 0.717) is 22.9 Å². The molecule has 0 spiro atoms. The Bertz CT molecular complexity index is 859. The van der Waals surface area contributed by atoms with Gasteiger partial charge in [-0.15, -0.1) is 0 Å². The molecule has 1 saturated carbocycles. The van der Waals surface area contributed by atoms with Gasteiger partial charge in [0.1, 0.15) is 11.5 Å². The minimum absolute atomic E-state index is 0.0391. The summed E-state index contributed by atoms with van der Waals surface area (Å²) in [5.41, 5.74) is 3.03. The lowest BCUT2D eigenvalue weighted by Gasteiger charge is -2.13. The number of ether oxygens (including phenoxy) is 2. The molecule has 1 aliphatic rings. The van der Waals surface area contributed by atoms with Gasteiger partial charge in [-0.3, -0.25) is 9.59 Å². The molecule has 1 aliphatic carbocycles. The highest BCUT2D eigenvalue weighted by atomic mass is 16.5. The van der Waals surface area contributed by atoms with Crippen molar-refractivity contribution in [1.29, 1.82) is 0 Å². The largest absolute Gasteiger partial charge is 0.497 e. The zero-order valence-corrected chi connectivity index (χ0v) is 15.8. The molecule has 2 aromatic rings. The number of rotatable bonds is 7. The number of methoxy groups -OCH3 is 2. The van der Waals surface area contributed by atoms with E-state index in [1.165, 1.54) is 0 Å². The van der Waals surface area contributed by atoms with E-state index >= 15 is 0 Å². The predicted molar refractivity (Wildman–Crippen MR) is 104 cm³/mol. The number of hydrogen-bond donors (Lipinski definition) is 2. The second-order valence-corrected chi connectivity index (χ2v) is 6.70. The Morgan fingerprint density at radius 3 is 2.48 bits per heavy atom. The normalized spacial score (nSPS) is 13.0. The van der Waals surface area contributed by atoms with Crippen LogP contribution in [0.1, 0.15) is 24.0 Å². The van der Waals surface area contributed by atoms with E-state index in [1.54, 1.807) is 38.5 Å². The Balaban J connectivity index is 1.71. The maximum atomic E-state index is 12.6. The fourth-order valence-corrected chi connectivity index (χ4v) is 2.81. The molecule has 3 rings (SSSR count). The second kappa shape index (κ2) is 8.12. The van der Waals surface area contributed by atoms with E-state index in [2.05, 4.69) is 10.6 Å². The lowest BCUT2D eigenvalue weighted by Crippen LogP contribution is -2.17. The van der Waals surface area contributed by atoms with Gasteiger partial charge in [-0.2, -0.15) is 0 Å². The van der Waals surface area contributed by atoms with Gasteiger partial charge in [-0.1, -0.05) is 6.07 Å². The molecule has 0 aliphatic heterocycles. The highest BCUT2D eigenvalue weighted by molar-refractivity contribution is 5.97. The van der Waals surface area contributed by atoms with Gasteiger partial charge in [-0.25, -0.2) is 0 Å². The van der Waals surface area contributed by atoms with E-state index in [4.69, 9.17) is 9.47 Å². The van der Waals surface area contributed by atoms with Crippen LogP contribution in [-0.4, -0.2) is 26.0 Å². The van der Waals surface area contributed by atoms with Gasteiger partial charge in [-0.05, 0) is 55.7 Å². The molecule has 6 nitrogen and oxygen atoms in total. The molecule has 142 valence electrons. The summed E-state index contributed by atoms with van der Waals surface area (Å²) in [6.45, 7) is 1.91. The van der Waals surface area contributed by atoms with Crippen molar-refractivity contribution < 1.29 is 19.1 Å². The first kappa shape index (κ1) is 18.8. The van der Waals surface area contributed by atoms with Crippen LogP contribution in [0, 0.1) is 12.8 Å². The number of amides is 2. The molecule has 2 N–H and O–H groups in total. The molecule has 0 unspecified atom stereocenters. The quantitative estimate of drug-likeness (QED) is 0.784. The lowest BCUT2D eigenvalue weighted by atomic mass is 10.1. The van der Waals surface area contributed by atoms with Crippen LogP contribution in [-0.2, 0) is 16.0 Å². The SMILES string of the molecule is COc1ccc(OC)c(CC(=O)Nc2cc(NC(=O)C3CC3)ccc2C)c1. The first-order valence-corrected chi connectivity index (χ1v) is 8.92. The van der Waals surface area contributed by atoms with Crippen LogP contribution in [0.2, 0.25) is 0 Å². The third-order valence-corrected chi connectivity index (χ3v) is 4.57. The van der Waals surface area contributed by atoms with Crippen LogP contribution in [0.25, 0.3) is 0 Å². The molecule has 2 aromatic carbocycles. The van der Waals surface area contributed by atoms with Gasteiger partial charge in [0.2, 0.25) is 11.8 Å². The van der Waals surface area contributed by atoms with Crippen molar-refractivity contribution in [2.75, 3.05) is 24.9 Å². The highest BCUT2D eigenvalue weighted by Gasteiger charge is 2.29. The smallest absolute Gasteiger partial charge is 0.228 e.